The van der Waals surface area contributed by atoms with Crippen molar-refractivity contribution in [3.8, 4) is 5.75 Å². The molecule has 0 aliphatic carbocycles. The minimum Gasteiger partial charge on any atom is -0.492 e. The van der Waals surface area contributed by atoms with E-state index in [1.54, 1.807) is 0 Å². The predicted octanol–water partition coefficient (Wildman–Crippen LogP) is 3.39. The summed E-state index contributed by atoms with van der Waals surface area (Å²) >= 11 is 5.94. The molecule has 0 N–H and O–H groups in total. The number of nitrogens with zero attached hydrogens (tertiary/aromatic N) is 2. The van der Waals surface area contributed by atoms with Crippen LogP contribution in [0.4, 0.5) is 10.1 Å². The smallest absolute Gasteiger partial charge is 0.244 e. The number of piperazine rings is 1. The molecule has 8 heteroatoms. The van der Waals surface area contributed by atoms with Crippen molar-refractivity contribution in [2.24, 2.45) is 0 Å². The molecular formula is C18H20ClFN2O3S. The van der Waals surface area contributed by atoms with Crippen molar-refractivity contribution in [1.29, 1.82) is 0 Å². The number of para-hydroxylation sites is 2. The lowest BCUT2D eigenvalue weighted by Gasteiger charge is -2.36. The fourth-order valence-corrected chi connectivity index (χ4v) is 4.92. The fourth-order valence-electron chi connectivity index (χ4n) is 2.99. The molecule has 0 aromatic heterocycles. The molecule has 0 spiro atoms. The Labute approximate surface area is 158 Å². The summed E-state index contributed by atoms with van der Waals surface area (Å²) in [6, 6.07) is 11.0. The molecule has 1 fully saturated rings. The Bertz CT molecular complexity index is 884. The average Bonchev–Trinajstić information content (AvgIpc) is 2.62. The van der Waals surface area contributed by atoms with Crippen LogP contribution in [0.25, 0.3) is 0 Å². The van der Waals surface area contributed by atoms with Crippen LogP contribution in [0.2, 0.25) is 5.02 Å². The van der Waals surface area contributed by atoms with Gasteiger partial charge in [0.1, 0.15) is 16.5 Å². The zero-order valence-corrected chi connectivity index (χ0v) is 15.9. The van der Waals surface area contributed by atoms with Gasteiger partial charge in [-0.2, -0.15) is 4.31 Å². The summed E-state index contributed by atoms with van der Waals surface area (Å²) in [7, 11) is -3.76. The lowest BCUT2D eigenvalue weighted by Crippen LogP contribution is -2.48. The van der Waals surface area contributed by atoms with Crippen LogP contribution >= 0.6 is 11.6 Å². The van der Waals surface area contributed by atoms with E-state index in [1.165, 1.54) is 10.4 Å². The molecule has 1 aliphatic heterocycles. The van der Waals surface area contributed by atoms with Gasteiger partial charge in [0.2, 0.25) is 10.0 Å². The van der Waals surface area contributed by atoms with Crippen LogP contribution in [-0.2, 0) is 10.0 Å². The van der Waals surface area contributed by atoms with Crippen molar-refractivity contribution in [3.63, 3.8) is 0 Å². The predicted molar refractivity (Wildman–Crippen MR) is 100.0 cm³/mol. The second-order valence-electron chi connectivity index (χ2n) is 5.87. The standard InChI is InChI=1S/C18H20ClFN2O3S/c1-2-25-17-6-4-3-5-16(17)21-9-11-22(12-10-21)26(23,24)18-8-7-14(20)13-15(18)19/h3-8,13H,2,9-12H2,1H3. The van der Waals surface area contributed by atoms with Crippen LogP contribution in [0, 0.1) is 5.82 Å². The van der Waals surface area contributed by atoms with Crippen molar-refractivity contribution >= 4 is 27.3 Å². The van der Waals surface area contributed by atoms with Crippen molar-refractivity contribution in [1.82, 2.24) is 4.31 Å². The maximum atomic E-state index is 13.2. The van der Waals surface area contributed by atoms with Crippen LogP contribution in [0.1, 0.15) is 6.92 Å². The third-order valence-corrected chi connectivity index (χ3v) is 6.64. The highest BCUT2D eigenvalue weighted by atomic mass is 35.5. The number of halogens is 2. The number of hydrogen-bond donors (Lipinski definition) is 0. The Kier molecular flexibility index (Phi) is 5.70. The van der Waals surface area contributed by atoms with E-state index in [-0.39, 0.29) is 9.92 Å². The Balaban J connectivity index is 1.76. The molecule has 3 rings (SSSR count). The van der Waals surface area contributed by atoms with Crippen molar-refractivity contribution < 1.29 is 17.5 Å². The summed E-state index contributed by atoms with van der Waals surface area (Å²) < 4.78 is 45.9. The van der Waals surface area contributed by atoms with Gasteiger partial charge in [-0.3, -0.25) is 0 Å². The summed E-state index contributed by atoms with van der Waals surface area (Å²) in [6.45, 7) is 4.18. The molecule has 0 bridgehead atoms. The van der Waals surface area contributed by atoms with E-state index < -0.39 is 15.8 Å². The van der Waals surface area contributed by atoms with Gasteiger partial charge in [-0.1, -0.05) is 23.7 Å². The molecule has 0 amide bonds. The highest BCUT2D eigenvalue weighted by Crippen LogP contribution is 2.31. The summed E-state index contributed by atoms with van der Waals surface area (Å²) in [5, 5.41) is -0.103. The lowest BCUT2D eigenvalue weighted by atomic mass is 10.2. The summed E-state index contributed by atoms with van der Waals surface area (Å²) in [5.74, 6) is 0.221. The van der Waals surface area contributed by atoms with Crippen molar-refractivity contribution in [2.45, 2.75) is 11.8 Å². The molecule has 140 valence electrons. The Hall–Kier alpha value is -1.83. The van der Waals surface area contributed by atoms with Gasteiger partial charge in [0.15, 0.2) is 0 Å². The van der Waals surface area contributed by atoms with Gasteiger partial charge < -0.3 is 9.64 Å². The zero-order valence-electron chi connectivity index (χ0n) is 14.4. The fraction of sp³-hybridized carbons (Fsp3) is 0.333. The molecule has 2 aromatic carbocycles. The molecule has 1 saturated heterocycles. The molecule has 0 unspecified atom stereocenters. The second kappa shape index (κ2) is 7.82. The molecule has 0 atom stereocenters. The molecule has 2 aromatic rings. The summed E-state index contributed by atoms with van der Waals surface area (Å²) in [5.41, 5.74) is 0.950. The van der Waals surface area contributed by atoms with E-state index in [2.05, 4.69) is 4.90 Å². The maximum absolute atomic E-state index is 13.2. The van der Waals surface area contributed by atoms with Gasteiger partial charge in [0.05, 0.1) is 17.3 Å². The van der Waals surface area contributed by atoms with Gasteiger partial charge in [0.25, 0.3) is 0 Å². The van der Waals surface area contributed by atoms with Crippen LogP contribution in [-0.4, -0.2) is 45.5 Å². The Morgan fingerprint density at radius 1 is 1.12 bits per heavy atom. The first-order chi connectivity index (χ1) is 12.4. The van der Waals surface area contributed by atoms with E-state index in [0.29, 0.717) is 32.8 Å². The third-order valence-electron chi connectivity index (χ3n) is 4.26. The van der Waals surface area contributed by atoms with Gasteiger partial charge in [-0.05, 0) is 37.3 Å². The maximum Gasteiger partial charge on any atom is 0.244 e. The highest BCUT2D eigenvalue weighted by Gasteiger charge is 2.30. The quantitative estimate of drug-likeness (QED) is 0.774. The van der Waals surface area contributed by atoms with Crippen molar-refractivity contribution in [3.05, 3.63) is 53.3 Å². The SMILES string of the molecule is CCOc1ccccc1N1CCN(S(=O)(=O)c2ccc(F)cc2Cl)CC1. The van der Waals surface area contributed by atoms with Gasteiger partial charge in [-0.25, -0.2) is 12.8 Å². The Morgan fingerprint density at radius 2 is 1.81 bits per heavy atom. The van der Waals surface area contributed by atoms with Gasteiger partial charge in [0, 0.05) is 26.2 Å². The molecule has 1 heterocycles. The second-order valence-corrected chi connectivity index (χ2v) is 8.18. The Morgan fingerprint density at radius 3 is 2.46 bits per heavy atom. The molecule has 5 nitrogen and oxygen atoms in total. The van der Waals surface area contributed by atoms with E-state index in [0.717, 1.165) is 23.6 Å². The van der Waals surface area contributed by atoms with Crippen LogP contribution < -0.4 is 9.64 Å². The zero-order chi connectivity index (χ0) is 18.7. The number of hydrogen-bond acceptors (Lipinski definition) is 4. The first-order valence-electron chi connectivity index (χ1n) is 8.35. The monoisotopic (exact) mass is 398 g/mol. The van der Waals surface area contributed by atoms with Crippen LogP contribution in [0.5, 0.6) is 5.75 Å². The van der Waals surface area contributed by atoms with Gasteiger partial charge >= 0.3 is 0 Å². The minimum atomic E-state index is -3.76. The van der Waals surface area contributed by atoms with Crippen molar-refractivity contribution in [2.75, 3.05) is 37.7 Å². The van der Waals surface area contributed by atoms with E-state index >= 15 is 0 Å². The number of benzene rings is 2. The topological polar surface area (TPSA) is 49.9 Å². The van der Waals surface area contributed by atoms with Gasteiger partial charge in [-0.15, -0.1) is 0 Å². The molecule has 0 saturated carbocycles. The number of anilines is 1. The lowest BCUT2D eigenvalue weighted by molar-refractivity contribution is 0.337. The molecule has 1 aliphatic rings. The highest BCUT2D eigenvalue weighted by molar-refractivity contribution is 7.89. The first-order valence-corrected chi connectivity index (χ1v) is 10.2. The van der Waals surface area contributed by atoms with Crippen LogP contribution in [0.15, 0.2) is 47.4 Å². The largest absolute Gasteiger partial charge is 0.492 e. The number of sulfonamides is 1. The first kappa shape index (κ1) is 18.9. The van der Waals surface area contributed by atoms with E-state index in [1.807, 2.05) is 31.2 Å². The molecule has 26 heavy (non-hydrogen) atoms. The minimum absolute atomic E-state index is 0.0660. The summed E-state index contributed by atoms with van der Waals surface area (Å²) in [6.07, 6.45) is 0. The molecule has 0 radical (unpaired) electrons. The van der Waals surface area contributed by atoms with Crippen LogP contribution in [0.3, 0.4) is 0 Å². The number of rotatable bonds is 5. The van der Waals surface area contributed by atoms with E-state index in [9.17, 15) is 12.8 Å². The number of ether oxygens (including phenoxy) is 1. The molecular weight excluding hydrogens is 379 g/mol. The average molecular weight is 399 g/mol. The van der Waals surface area contributed by atoms with E-state index in [4.69, 9.17) is 16.3 Å². The normalized spacial score (nSPS) is 15.9. The summed E-state index contributed by atoms with van der Waals surface area (Å²) in [4.78, 5) is 2.03. The third kappa shape index (κ3) is 3.79.